The van der Waals surface area contributed by atoms with Crippen molar-refractivity contribution in [1.82, 2.24) is 5.32 Å². The van der Waals surface area contributed by atoms with E-state index < -0.39 is 0 Å². The van der Waals surface area contributed by atoms with Crippen LogP contribution in [0.4, 0.5) is 0 Å². The highest BCUT2D eigenvalue weighted by Crippen LogP contribution is 2.28. The van der Waals surface area contributed by atoms with Crippen LogP contribution >= 0.6 is 0 Å². The van der Waals surface area contributed by atoms with Gasteiger partial charge in [0.05, 0.1) is 5.70 Å². The van der Waals surface area contributed by atoms with Crippen LogP contribution in [0.3, 0.4) is 0 Å². The van der Waals surface area contributed by atoms with Gasteiger partial charge in [0.15, 0.2) is 5.78 Å². The Balaban J connectivity index is 3.02. The molecule has 0 aromatic heterocycles. The first-order chi connectivity index (χ1) is 7.21. The fraction of sp³-hybridized carbons (Fsp3) is 0.417. The molecule has 1 aliphatic rings. The number of hydrogen-bond donors (Lipinski definition) is 1. The number of amides is 1. The summed E-state index contributed by atoms with van der Waals surface area (Å²) in [6.07, 6.45) is 2.48. The topological polar surface area (TPSA) is 63.2 Å². The number of hydrogen-bond acceptors (Lipinski definition) is 3. The van der Waals surface area contributed by atoms with Gasteiger partial charge in [-0.2, -0.15) is 0 Å². The molecule has 1 N–H and O–H groups in total. The molecule has 4 nitrogen and oxygen atoms in total. The third-order valence-corrected chi connectivity index (χ3v) is 2.20. The zero-order valence-corrected chi connectivity index (χ0v) is 9.88. The molecule has 4 heteroatoms. The van der Waals surface area contributed by atoms with Gasteiger partial charge in [0, 0.05) is 18.6 Å². The third-order valence-electron chi connectivity index (χ3n) is 2.20. The van der Waals surface area contributed by atoms with Crippen LogP contribution in [0.25, 0.3) is 0 Å². The maximum atomic E-state index is 11.7. The molecule has 0 saturated carbocycles. The van der Waals surface area contributed by atoms with E-state index in [2.05, 4.69) is 5.32 Å². The van der Waals surface area contributed by atoms with Gasteiger partial charge in [-0.3, -0.25) is 14.4 Å². The molecule has 0 fully saturated rings. The van der Waals surface area contributed by atoms with Gasteiger partial charge in [0.2, 0.25) is 11.7 Å². The molecule has 0 unspecified atom stereocenters. The minimum atomic E-state index is -0.370. The van der Waals surface area contributed by atoms with Crippen molar-refractivity contribution in [2.45, 2.75) is 27.7 Å². The lowest BCUT2D eigenvalue weighted by Gasteiger charge is -2.23. The monoisotopic (exact) mass is 221 g/mol. The minimum Gasteiger partial charge on any atom is -0.323 e. The number of ketones is 2. The maximum absolute atomic E-state index is 11.7. The second-order valence-electron chi connectivity index (χ2n) is 4.78. The molecule has 1 rings (SSSR count). The smallest absolute Gasteiger partial charge is 0.221 e. The standard InChI is InChI=1S/C12H15NO3/c1-7(14)13-9-6-10(15)8(5-11(9)16)12(2,3)4/h5-6H,1-4H3,(H,13,14). The van der Waals surface area contributed by atoms with Crippen LogP contribution < -0.4 is 5.32 Å². The summed E-state index contributed by atoms with van der Waals surface area (Å²) >= 11 is 0. The van der Waals surface area contributed by atoms with Crippen LogP contribution in [0.15, 0.2) is 23.4 Å². The lowest BCUT2D eigenvalue weighted by Crippen LogP contribution is -2.30. The molecule has 1 aliphatic carbocycles. The van der Waals surface area contributed by atoms with Gasteiger partial charge in [-0.1, -0.05) is 20.8 Å². The molecule has 0 heterocycles. The quantitative estimate of drug-likeness (QED) is 0.675. The van der Waals surface area contributed by atoms with Crippen molar-refractivity contribution in [1.29, 1.82) is 0 Å². The molecule has 0 aromatic rings. The zero-order valence-electron chi connectivity index (χ0n) is 9.88. The summed E-state index contributed by atoms with van der Waals surface area (Å²) in [4.78, 5) is 34.2. The molecule has 0 atom stereocenters. The first-order valence-electron chi connectivity index (χ1n) is 5.02. The Morgan fingerprint density at radius 3 is 2.12 bits per heavy atom. The average molecular weight is 221 g/mol. The van der Waals surface area contributed by atoms with E-state index in [1.54, 1.807) is 0 Å². The maximum Gasteiger partial charge on any atom is 0.221 e. The second-order valence-corrected chi connectivity index (χ2v) is 4.78. The zero-order chi connectivity index (χ0) is 12.5. The molecule has 86 valence electrons. The van der Waals surface area contributed by atoms with Gasteiger partial charge in [-0.25, -0.2) is 0 Å². The normalized spacial score (nSPS) is 16.8. The van der Waals surface area contributed by atoms with E-state index in [1.165, 1.54) is 19.1 Å². The first kappa shape index (κ1) is 12.4. The fourth-order valence-electron chi connectivity index (χ4n) is 1.43. The van der Waals surface area contributed by atoms with Crippen molar-refractivity contribution >= 4 is 17.5 Å². The van der Waals surface area contributed by atoms with Crippen molar-refractivity contribution < 1.29 is 14.4 Å². The molecule has 0 bridgehead atoms. The van der Waals surface area contributed by atoms with Crippen LogP contribution in [0.2, 0.25) is 0 Å². The molecule has 1 amide bonds. The largest absolute Gasteiger partial charge is 0.323 e. The van der Waals surface area contributed by atoms with Gasteiger partial charge in [0.1, 0.15) is 0 Å². The molecule has 0 spiro atoms. The Hall–Kier alpha value is -1.71. The van der Waals surface area contributed by atoms with Crippen molar-refractivity contribution in [3.63, 3.8) is 0 Å². The van der Waals surface area contributed by atoms with Crippen molar-refractivity contribution in [2.24, 2.45) is 5.41 Å². The molecule has 16 heavy (non-hydrogen) atoms. The summed E-state index contributed by atoms with van der Waals surface area (Å²) in [6, 6.07) is 0. The summed E-state index contributed by atoms with van der Waals surface area (Å²) in [6.45, 7) is 6.88. The summed E-state index contributed by atoms with van der Waals surface area (Å²) < 4.78 is 0. The van der Waals surface area contributed by atoms with E-state index in [0.29, 0.717) is 5.57 Å². The predicted molar refractivity (Wildman–Crippen MR) is 59.5 cm³/mol. The molecular formula is C12H15NO3. The van der Waals surface area contributed by atoms with Crippen LogP contribution in [0, 0.1) is 5.41 Å². The highest BCUT2D eigenvalue weighted by molar-refractivity contribution is 6.21. The Morgan fingerprint density at radius 1 is 1.12 bits per heavy atom. The molecule has 0 aromatic carbocycles. The predicted octanol–water partition coefficient (Wildman–Crippen LogP) is 1.13. The molecular weight excluding hydrogens is 206 g/mol. The summed E-state index contributed by atoms with van der Waals surface area (Å²) in [7, 11) is 0. The number of carbonyl (C=O) groups is 3. The number of carbonyl (C=O) groups excluding carboxylic acids is 3. The number of rotatable bonds is 1. The van der Waals surface area contributed by atoms with Crippen LogP contribution in [0.1, 0.15) is 27.7 Å². The second kappa shape index (κ2) is 4.04. The van der Waals surface area contributed by atoms with E-state index in [-0.39, 0.29) is 28.6 Å². The van der Waals surface area contributed by atoms with Crippen molar-refractivity contribution in [2.75, 3.05) is 0 Å². The Labute approximate surface area is 94.4 Å². The Kier molecular flexibility index (Phi) is 3.12. The summed E-state index contributed by atoms with van der Waals surface area (Å²) in [5.41, 5.74) is 0.141. The van der Waals surface area contributed by atoms with E-state index >= 15 is 0 Å². The average Bonchev–Trinajstić information content (AvgIpc) is 2.07. The molecule has 0 aliphatic heterocycles. The van der Waals surface area contributed by atoms with Crippen molar-refractivity contribution in [3.05, 3.63) is 23.4 Å². The van der Waals surface area contributed by atoms with Crippen molar-refractivity contribution in [3.8, 4) is 0 Å². The lowest BCUT2D eigenvalue weighted by molar-refractivity contribution is -0.120. The summed E-state index contributed by atoms with van der Waals surface area (Å²) in [5, 5.41) is 2.34. The highest BCUT2D eigenvalue weighted by atomic mass is 16.2. The van der Waals surface area contributed by atoms with Gasteiger partial charge in [-0.05, 0) is 11.5 Å². The van der Waals surface area contributed by atoms with Gasteiger partial charge < -0.3 is 5.32 Å². The van der Waals surface area contributed by atoms with E-state index in [1.807, 2.05) is 20.8 Å². The summed E-state index contributed by atoms with van der Waals surface area (Å²) in [5.74, 6) is -0.921. The van der Waals surface area contributed by atoms with E-state index in [9.17, 15) is 14.4 Å². The fourth-order valence-corrected chi connectivity index (χ4v) is 1.43. The Morgan fingerprint density at radius 2 is 1.69 bits per heavy atom. The third kappa shape index (κ3) is 2.66. The molecule has 0 saturated heterocycles. The molecule has 0 radical (unpaired) electrons. The SMILES string of the molecule is CC(=O)NC1=CC(=O)C(C(C)(C)C)=CC1=O. The van der Waals surface area contributed by atoms with Crippen LogP contribution in [0.5, 0.6) is 0 Å². The van der Waals surface area contributed by atoms with Gasteiger partial charge in [-0.15, -0.1) is 0 Å². The minimum absolute atomic E-state index is 0.0468. The number of nitrogens with one attached hydrogen (secondary N) is 1. The van der Waals surface area contributed by atoms with E-state index in [0.717, 1.165) is 0 Å². The Bertz CT molecular complexity index is 422. The van der Waals surface area contributed by atoms with Gasteiger partial charge >= 0.3 is 0 Å². The van der Waals surface area contributed by atoms with Crippen LogP contribution in [-0.2, 0) is 14.4 Å². The highest BCUT2D eigenvalue weighted by Gasteiger charge is 2.28. The lowest BCUT2D eigenvalue weighted by atomic mass is 9.81. The first-order valence-corrected chi connectivity index (χ1v) is 5.02. The number of allylic oxidation sites excluding steroid dienone is 3. The van der Waals surface area contributed by atoms with Gasteiger partial charge in [0.25, 0.3) is 0 Å². The van der Waals surface area contributed by atoms with E-state index in [4.69, 9.17) is 0 Å². The van der Waals surface area contributed by atoms with Crippen LogP contribution in [-0.4, -0.2) is 17.5 Å².